The summed E-state index contributed by atoms with van der Waals surface area (Å²) < 4.78 is 0.919. The Kier molecular flexibility index (Phi) is 4.93. The summed E-state index contributed by atoms with van der Waals surface area (Å²) in [5.74, 6) is 0.245. The Hall–Kier alpha value is -1.26. The topological polar surface area (TPSA) is 91.8 Å². The second kappa shape index (κ2) is 6.27. The zero-order chi connectivity index (χ0) is 11.1. The van der Waals surface area contributed by atoms with Gasteiger partial charge in [0.1, 0.15) is 0 Å². The fourth-order valence-corrected chi connectivity index (χ4v) is 2.37. The molecule has 3 N–H and O–H groups in total. The van der Waals surface area contributed by atoms with E-state index in [9.17, 15) is 4.79 Å². The lowest BCUT2D eigenvalue weighted by Crippen LogP contribution is -2.25. The Labute approximate surface area is 95.7 Å². The number of nitrogen functional groups attached to an aromatic ring is 1. The molecule has 80 valence electrons. The van der Waals surface area contributed by atoms with E-state index in [-0.39, 0.29) is 5.91 Å². The molecule has 0 unspecified atom stereocenters. The number of carbonyl (C=O) groups excluding carboxylic acids is 1. The molecule has 1 amide bonds. The van der Waals surface area contributed by atoms with Gasteiger partial charge in [0.2, 0.25) is 5.91 Å². The maximum absolute atomic E-state index is 11.2. The summed E-state index contributed by atoms with van der Waals surface area (Å²) in [7, 11) is 0. The van der Waals surface area contributed by atoms with Gasteiger partial charge in [-0.2, -0.15) is 5.26 Å². The number of rotatable bonds is 5. The molecule has 0 saturated carbocycles. The minimum Gasteiger partial charge on any atom is -0.375 e. The smallest absolute Gasteiger partial charge is 0.230 e. The summed E-state index contributed by atoms with van der Waals surface area (Å²) in [5, 5.41) is 11.4. The Morgan fingerprint density at radius 2 is 2.60 bits per heavy atom. The first-order valence-corrected chi connectivity index (χ1v) is 6.00. The van der Waals surface area contributed by atoms with Gasteiger partial charge >= 0.3 is 0 Å². The second-order valence-electron chi connectivity index (χ2n) is 2.56. The lowest BCUT2D eigenvalue weighted by atomic mass is 10.4. The molecule has 0 saturated heterocycles. The molecule has 0 spiro atoms. The van der Waals surface area contributed by atoms with Crippen molar-refractivity contribution in [2.45, 2.75) is 10.6 Å². The highest BCUT2D eigenvalue weighted by molar-refractivity contribution is 8.01. The van der Waals surface area contributed by atoms with Crippen LogP contribution in [-0.2, 0) is 4.79 Å². The standard InChI is InChI=1S/C8H10N4OS2/c9-2-1-3-11-6(13)5-14-7-4-12-8(10)15-7/h4H,1,3,5H2,(H2,10,12)(H,11,13). The van der Waals surface area contributed by atoms with Crippen molar-refractivity contribution in [2.75, 3.05) is 18.0 Å². The van der Waals surface area contributed by atoms with Crippen LogP contribution in [0.3, 0.4) is 0 Å². The van der Waals surface area contributed by atoms with Crippen molar-refractivity contribution in [3.05, 3.63) is 6.20 Å². The second-order valence-corrected chi connectivity index (χ2v) is 4.90. The average Bonchev–Trinajstić information content (AvgIpc) is 2.62. The quantitative estimate of drug-likeness (QED) is 0.590. The molecule has 0 radical (unpaired) electrons. The number of aromatic nitrogens is 1. The third-order valence-electron chi connectivity index (χ3n) is 1.41. The van der Waals surface area contributed by atoms with Crippen molar-refractivity contribution in [3.63, 3.8) is 0 Å². The maximum atomic E-state index is 11.2. The molecule has 15 heavy (non-hydrogen) atoms. The van der Waals surface area contributed by atoms with Crippen LogP contribution < -0.4 is 11.1 Å². The van der Waals surface area contributed by atoms with Gasteiger partial charge in [-0.05, 0) is 0 Å². The number of nitriles is 1. The van der Waals surface area contributed by atoms with Crippen LogP contribution in [0.15, 0.2) is 10.4 Å². The predicted molar refractivity (Wildman–Crippen MR) is 60.5 cm³/mol. The monoisotopic (exact) mass is 242 g/mol. The zero-order valence-electron chi connectivity index (χ0n) is 7.90. The highest BCUT2D eigenvalue weighted by Gasteiger charge is 2.04. The highest BCUT2D eigenvalue weighted by atomic mass is 32.2. The number of thiazole rings is 1. The SMILES string of the molecule is N#CCCNC(=O)CSc1cnc(N)s1. The number of hydrogen-bond donors (Lipinski definition) is 2. The van der Waals surface area contributed by atoms with Crippen molar-refractivity contribution in [1.82, 2.24) is 10.3 Å². The zero-order valence-corrected chi connectivity index (χ0v) is 9.53. The Bertz CT molecular complexity index is 371. The molecule has 0 fully saturated rings. The molecule has 1 heterocycles. The molecular formula is C8H10N4OS2. The minimum atomic E-state index is -0.0813. The number of nitrogens with zero attached hydrogens (tertiary/aromatic N) is 2. The summed E-state index contributed by atoms with van der Waals surface area (Å²) in [6.07, 6.45) is 1.98. The molecular weight excluding hydrogens is 232 g/mol. The molecule has 0 bridgehead atoms. The molecule has 1 aromatic heterocycles. The Balaban J connectivity index is 2.20. The van der Waals surface area contributed by atoms with E-state index in [2.05, 4.69) is 10.3 Å². The first-order chi connectivity index (χ1) is 7.22. The van der Waals surface area contributed by atoms with Gasteiger partial charge < -0.3 is 11.1 Å². The highest BCUT2D eigenvalue weighted by Crippen LogP contribution is 2.25. The van der Waals surface area contributed by atoms with E-state index in [4.69, 9.17) is 11.0 Å². The van der Waals surface area contributed by atoms with Crippen molar-refractivity contribution in [1.29, 1.82) is 5.26 Å². The van der Waals surface area contributed by atoms with E-state index in [0.717, 1.165) is 4.21 Å². The van der Waals surface area contributed by atoms with Crippen molar-refractivity contribution in [2.24, 2.45) is 0 Å². The number of nitrogens with one attached hydrogen (secondary N) is 1. The van der Waals surface area contributed by atoms with Gasteiger partial charge in [0.15, 0.2) is 5.13 Å². The van der Waals surface area contributed by atoms with Crippen LogP contribution in [-0.4, -0.2) is 23.2 Å². The minimum absolute atomic E-state index is 0.0813. The fraction of sp³-hybridized carbons (Fsp3) is 0.375. The van der Waals surface area contributed by atoms with E-state index in [1.807, 2.05) is 6.07 Å². The molecule has 0 aliphatic carbocycles. The van der Waals surface area contributed by atoms with Gasteiger partial charge in [-0.1, -0.05) is 11.3 Å². The van der Waals surface area contributed by atoms with Crippen LogP contribution in [0.1, 0.15) is 6.42 Å². The molecule has 1 rings (SSSR count). The maximum Gasteiger partial charge on any atom is 0.230 e. The lowest BCUT2D eigenvalue weighted by molar-refractivity contribution is -0.118. The Morgan fingerprint density at radius 1 is 1.80 bits per heavy atom. The molecule has 1 aromatic rings. The van der Waals surface area contributed by atoms with Gasteiger partial charge in [0.05, 0.1) is 28.6 Å². The number of thioether (sulfide) groups is 1. The largest absolute Gasteiger partial charge is 0.375 e. The predicted octanol–water partition coefficient (Wildman–Crippen LogP) is 0.847. The molecule has 0 aromatic carbocycles. The van der Waals surface area contributed by atoms with Crippen molar-refractivity contribution < 1.29 is 4.79 Å². The summed E-state index contributed by atoms with van der Waals surface area (Å²) >= 11 is 2.74. The van der Waals surface area contributed by atoms with E-state index in [0.29, 0.717) is 23.8 Å². The van der Waals surface area contributed by atoms with Crippen LogP contribution in [0, 0.1) is 11.3 Å². The van der Waals surface area contributed by atoms with Gasteiger partial charge in [0.25, 0.3) is 0 Å². The van der Waals surface area contributed by atoms with Crippen LogP contribution in [0.25, 0.3) is 0 Å². The van der Waals surface area contributed by atoms with E-state index < -0.39 is 0 Å². The van der Waals surface area contributed by atoms with Crippen LogP contribution in [0.2, 0.25) is 0 Å². The number of anilines is 1. The van der Waals surface area contributed by atoms with E-state index in [1.165, 1.54) is 23.1 Å². The molecule has 5 nitrogen and oxygen atoms in total. The van der Waals surface area contributed by atoms with Crippen molar-refractivity contribution in [3.8, 4) is 6.07 Å². The summed E-state index contributed by atoms with van der Waals surface area (Å²) in [6, 6.07) is 1.95. The molecule has 0 atom stereocenters. The van der Waals surface area contributed by atoms with E-state index in [1.54, 1.807) is 6.20 Å². The summed E-state index contributed by atoms with van der Waals surface area (Å²) in [4.78, 5) is 15.1. The van der Waals surface area contributed by atoms with Gasteiger partial charge in [-0.25, -0.2) is 4.98 Å². The van der Waals surface area contributed by atoms with Gasteiger partial charge in [0, 0.05) is 6.54 Å². The summed E-state index contributed by atoms with van der Waals surface area (Å²) in [5.41, 5.74) is 5.44. The fourth-order valence-electron chi connectivity index (χ4n) is 0.784. The van der Waals surface area contributed by atoms with E-state index >= 15 is 0 Å². The number of nitrogens with two attached hydrogens (primary N) is 1. The molecule has 0 aliphatic heterocycles. The van der Waals surface area contributed by atoms with Gasteiger partial charge in [-0.15, -0.1) is 11.8 Å². The first kappa shape index (κ1) is 11.8. The summed E-state index contributed by atoms with van der Waals surface area (Å²) in [6.45, 7) is 0.403. The van der Waals surface area contributed by atoms with Gasteiger partial charge in [-0.3, -0.25) is 4.79 Å². The third kappa shape index (κ3) is 4.67. The Morgan fingerprint density at radius 3 is 3.20 bits per heavy atom. The average molecular weight is 242 g/mol. The van der Waals surface area contributed by atoms with Crippen LogP contribution in [0.5, 0.6) is 0 Å². The molecule has 0 aliphatic rings. The van der Waals surface area contributed by atoms with Crippen molar-refractivity contribution >= 4 is 34.1 Å². The number of hydrogen-bond acceptors (Lipinski definition) is 6. The van der Waals surface area contributed by atoms with Crippen LogP contribution >= 0.6 is 23.1 Å². The number of amides is 1. The first-order valence-electron chi connectivity index (χ1n) is 4.20. The van der Waals surface area contributed by atoms with Crippen LogP contribution in [0.4, 0.5) is 5.13 Å². The number of carbonyl (C=O) groups is 1. The lowest BCUT2D eigenvalue weighted by Gasteiger charge is -2.00. The molecule has 7 heteroatoms. The third-order valence-corrected chi connectivity index (χ3v) is 3.43. The normalized spacial score (nSPS) is 9.53.